The van der Waals surface area contributed by atoms with Crippen molar-refractivity contribution in [3.8, 4) is 5.69 Å². The zero-order valence-corrected chi connectivity index (χ0v) is 13.4. The van der Waals surface area contributed by atoms with Gasteiger partial charge < -0.3 is 4.57 Å². The second-order valence-corrected chi connectivity index (χ2v) is 6.08. The van der Waals surface area contributed by atoms with Crippen LogP contribution in [-0.2, 0) is 4.79 Å². The van der Waals surface area contributed by atoms with Crippen LogP contribution in [0, 0.1) is 19.8 Å². The minimum Gasteiger partial charge on any atom is -0.318 e. The van der Waals surface area contributed by atoms with E-state index >= 15 is 0 Å². The molecule has 0 bridgehead atoms. The van der Waals surface area contributed by atoms with E-state index in [4.69, 9.17) is 11.6 Å². The zero-order valence-electron chi connectivity index (χ0n) is 12.6. The fraction of sp³-hybridized carbons (Fsp3) is 0.294. The number of hydrogen-bond donors (Lipinski definition) is 1. The number of amides is 1. The fourth-order valence-electron chi connectivity index (χ4n) is 2.51. The van der Waals surface area contributed by atoms with Crippen molar-refractivity contribution in [3.63, 3.8) is 0 Å². The third-order valence-corrected chi connectivity index (χ3v) is 4.13. The van der Waals surface area contributed by atoms with Crippen LogP contribution < -0.4 is 5.43 Å². The maximum atomic E-state index is 11.6. The maximum absolute atomic E-state index is 11.6. The predicted molar refractivity (Wildman–Crippen MR) is 88.7 cm³/mol. The highest BCUT2D eigenvalue weighted by atomic mass is 35.5. The molecular formula is C17H18ClN3O. The molecule has 1 aromatic heterocycles. The molecule has 3 rings (SSSR count). The average molecular weight is 316 g/mol. The first-order valence-corrected chi connectivity index (χ1v) is 7.72. The normalized spacial score (nSPS) is 14.5. The minimum atomic E-state index is 0.0164. The van der Waals surface area contributed by atoms with Gasteiger partial charge in [0.05, 0.1) is 6.21 Å². The van der Waals surface area contributed by atoms with Gasteiger partial charge in [0.15, 0.2) is 0 Å². The van der Waals surface area contributed by atoms with Gasteiger partial charge in [0, 0.05) is 33.6 Å². The highest BCUT2D eigenvalue weighted by Crippen LogP contribution is 2.28. The Morgan fingerprint density at radius 2 is 2.00 bits per heavy atom. The van der Waals surface area contributed by atoms with Gasteiger partial charge >= 0.3 is 0 Å². The van der Waals surface area contributed by atoms with Crippen LogP contribution in [0.25, 0.3) is 5.69 Å². The topological polar surface area (TPSA) is 46.4 Å². The van der Waals surface area contributed by atoms with Crippen molar-refractivity contribution in [1.29, 1.82) is 0 Å². The molecule has 0 spiro atoms. The molecule has 5 heteroatoms. The summed E-state index contributed by atoms with van der Waals surface area (Å²) in [6.07, 6.45) is 3.66. The molecule has 1 N–H and O–H groups in total. The van der Waals surface area contributed by atoms with Crippen molar-refractivity contribution < 1.29 is 4.79 Å². The lowest BCUT2D eigenvalue weighted by molar-refractivity contribution is -0.122. The summed E-state index contributed by atoms with van der Waals surface area (Å²) < 4.78 is 2.14. The molecule has 1 aliphatic carbocycles. The average Bonchev–Trinajstić information content (AvgIpc) is 3.29. The quantitative estimate of drug-likeness (QED) is 0.680. The Balaban J connectivity index is 1.81. The first-order valence-electron chi connectivity index (χ1n) is 7.34. The van der Waals surface area contributed by atoms with E-state index in [1.807, 2.05) is 38.1 Å². The molecule has 0 saturated heterocycles. The monoisotopic (exact) mass is 315 g/mol. The van der Waals surface area contributed by atoms with Gasteiger partial charge in [-0.15, -0.1) is 0 Å². The Kier molecular flexibility index (Phi) is 4.03. The summed E-state index contributed by atoms with van der Waals surface area (Å²) in [4.78, 5) is 11.6. The summed E-state index contributed by atoms with van der Waals surface area (Å²) >= 11 is 5.94. The zero-order chi connectivity index (χ0) is 15.7. The molecule has 2 aromatic rings. The summed E-state index contributed by atoms with van der Waals surface area (Å²) in [6.45, 7) is 4.08. The first-order chi connectivity index (χ1) is 10.6. The van der Waals surface area contributed by atoms with Crippen LogP contribution in [-0.4, -0.2) is 16.7 Å². The number of hydrazone groups is 1. The van der Waals surface area contributed by atoms with Crippen LogP contribution in [0.3, 0.4) is 0 Å². The SMILES string of the molecule is Cc1cc(/C=N/NC(=O)C2CC2)c(C)n1-c1ccc(Cl)cc1. The highest BCUT2D eigenvalue weighted by Gasteiger charge is 2.29. The van der Waals surface area contributed by atoms with Crippen molar-refractivity contribution in [3.05, 3.63) is 52.3 Å². The van der Waals surface area contributed by atoms with Gasteiger partial charge in [0.2, 0.25) is 5.91 Å². The number of carbonyl (C=O) groups excluding carboxylic acids is 1. The number of nitrogens with one attached hydrogen (secondary N) is 1. The van der Waals surface area contributed by atoms with Gasteiger partial charge in [-0.3, -0.25) is 4.79 Å². The predicted octanol–water partition coefficient (Wildman–Crippen LogP) is 3.61. The number of hydrogen-bond acceptors (Lipinski definition) is 2. The van der Waals surface area contributed by atoms with E-state index in [1.165, 1.54) is 0 Å². The molecule has 1 aromatic carbocycles. The van der Waals surface area contributed by atoms with Crippen LogP contribution in [0.5, 0.6) is 0 Å². The lowest BCUT2D eigenvalue weighted by atomic mass is 10.2. The molecule has 0 atom stereocenters. The van der Waals surface area contributed by atoms with E-state index in [1.54, 1.807) is 6.21 Å². The molecule has 0 unspecified atom stereocenters. The van der Waals surface area contributed by atoms with E-state index in [2.05, 4.69) is 21.2 Å². The summed E-state index contributed by atoms with van der Waals surface area (Å²) in [7, 11) is 0. The second-order valence-electron chi connectivity index (χ2n) is 5.65. The van der Waals surface area contributed by atoms with Crippen LogP contribution in [0.4, 0.5) is 0 Å². The molecule has 1 aliphatic rings. The molecular weight excluding hydrogens is 298 g/mol. The first kappa shape index (κ1) is 14.9. The van der Waals surface area contributed by atoms with Gasteiger partial charge in [0.1, 0.15) is 0 Å². The van der Waals surface area contributed by atoms with Crippen molar-refractivity contribution in [2.75, 3.05) is 0 Å². The van der Waals surface area contributed by atoms with Gasteiger partial charge in [-0.2, -0.15) is 5.10 Å². The Labute approximate surface area is 134 Å². The third-order valence-electron chi connectivity index (χ3n) is 3.88. The van der Waals surface area contributed by atoms with Crippen LogP contribution in [0.15, 0.2) is 35.4 Å². The molecule has 0 aliphatic heterocycles. The van der Waals surface area contributed by atoms with Gasteiger partial charge in [0.25, 0.3) is 0 Å². The molecule has 1 fully saturated rings. The number of aromatic nitrogens is 1. The number of rotatable bonds is 4. The van der Waals surface area contributed by atoms with Crippen molar-refractivity contribution in [1.82, 2.24) is 9.99 Å². The Bertz CT molecular complexity index is 727. The third kappa shape index (κ3) is 3.07. The fourth-order valence-corrected chi connectivity index (χ4v) is 2.63. The second kappa shape index (κ2) is 5.97. The molecule has 1 saturated carbocycles. The number of aryl methyl sites for hydroxylation is 1. The largest absolute Gasteiger partial charge is 0.318 e. The van der Waals surface area contributed by atoms with Crippen molar-refractivity contribution >= 4 is 23.7 Å². The van der Waals surface area contributed by atoms with Crippen LogP contribution >= 0.6 is 11.6 Å². The Hall–Kier alpha value is -2.07. The number of halogens is 1. The maximum Gasteiger partial charge on any atom is 0.243 e. The van der Waals surface area contributed by atoms with E-state index in [-0.39, 0.29) is 11.8 Å². The van der Waals surface area contributed by atoms with E-state index < -0.39 is 0 Å². The van der Waals surface area contributed by atoms with Crippen LogP contribution in [0.2, 0.25) is 5.02 Å². The highest BCUT2D eigenvalue weighted by molar-refractivity contribution is 6.30. The molecule has 4 nitrogen and oxygen atoms in total. The van der Waals surface area contributed by atoms with E-state index in [0.29, 0.717) is 0 Å². The van der Waals surface area contributed by atoms with E-state index in [0.717, 1.165) is 40.5 Å². The van der Waals surface area contributed by atoms with Crippen LogP contribution in [0.1, 0.15) is 29.8 Å². The molecule has 0 radical (unpaired) electrons. The lowest BCUT2D eigenvalue weighted by Crippen LogP contribution is -2.19. The molecule has 114 valence electrons. The smallest absolute Gasteiger partial charge is 0.243 e. The Morgan fingerprint density at radius 3 is 2.64 bits per heavy atom. The molecule has 1 heterocycles. The summed E-state index contributed by atoms with van der Waals surface area (Å²) in [5, 5.41) is 4.79. The number of carbonyl (C=O) groups is 1. The van der Waals surface area contributed by atoms with Gasteiger partial charge in [-0.05, 0) is 57.0 Å². The lowest BCUT2D eigenvalue weighted by Gasteiger charge is -2.09. The minimum absolute atomic E-state index is 0.0164. The summed E-state index contributed by atoms with van der Waals surface area (Å²) in [5.41, 5.74) is 6.83. The van der Waals surface area contributed by atoms with Crippen molar-refractivity contribution in [2.24, 2.45) is 11.0 Å². The van der Waals surface area contributed by atoms with Gasteiger partial charge in [-0.1, -0.05) is 11.6 Å². The van der Waals surface area contributed by atoms with Gasteiger partial charge in [-0.25, -0.2) is 5.43 Å². The Morgan fingerprint density at radius 1 is 1.32 bits per heavy atom. The van der Waals surface area contributed by atoms with E-state index in [9.17, 15) is 4.79 Å². The number of nitrogens with zero attached hydrogens (tertiary/aromatic N) is 2. The van der Waals surface area contributed by atoms with Crippen molar-refractivity contribution in [2.45, 2.75) is 26.7 Å². The summed E-state index contributed by atoms with van der Waals surface area (Å²) in [5.74, 6) is 0.182. The standard InChI is InChI=1S/C17H18ClN3O/c1-11-9-14(10-19-20-17(22)13-3-4-13)12(2)21(11)16-7-5-15(18)6-8-16/h5-10,13H,3-4H2,1-2H3,(H,20,22)/b19-10+. The number of benzene rings is 1. The summed E-state index contributed by atoms with van der Waals surface area (Å²) in [6, 6.07) is 9.77. The molecule has 22 heavy (non-hydrogen) atoms. The molecule has 1 amide bonds.